The van der Waals surface area contributed by atoms with E-state index in [0.29, 0.717) is 12.8 Å². The molecule has 3 unspecified atom stereocenters. The summed E-state index contributed by atoms with van der Waals surface area (Å²) < 4.78 is 7.70. The Morgan fingerprint density at radius 2 is 2.42 bits per heavy atom. The van der Waals surface area contributed by atoms with E-state index in [4.69, 9.17) is 4.74 Å². The molecule has 5 heteroatoms. The number of nitrogens with zero attached hydrogens (tertiary/aromatic N) is 2. The topological polar surface area (TPSA) is 64.4 Å². The highest BCUT2D eigenvalue weighted by Gasteiger charge is 2.57. The van der Waals surface area contributed by atoms with Crippen molar-refractivity contribution in [2.45, 2.75) is 58.3 Å². The SMILES string of the molecule is CCn1nc(C)cc1CC1(C(=O)O)CC2CCC1O2. The van der Waals surface area contributed by atoms with E-state index >= 15 is 0 Å². The van der Waals surface area contributed by atoms with Crippen molar-refractivity contribution in [3.63, 3.8) is 0 Å². The predicted octanol–water partition coefficient (Wildman–Crippen LogP) is 1.78. The molecule has 0 amide bonds. The molecule has 0 radical (unpaired) electrons. The van der Waals surface area contributed by atoms with Crippen molar-refractivity contribution in [1.82, 2.24) is 9.78 Å². The number of hydrogen-bond acceptors (Lipinski definition) is 3. The standard InChI is InChI=1S/C14H20N2O3/c1-3-16-10(6-9(2)15-16)7-14(13(17)18)8-11-4-5-12(14)19-11/h6,11-12H,3-5,7-8H2,1-2H3,(H,17,18). The maximum Gasteiger partial charge on any atom is 0.312 e. The Bertz CT molecular complexity index is 511. The molecule has 0 aromatic carbocycles. The van der Waals surface area contributed by atoms with E-state index in [0.717, 1.165) is 30.8 Å². The second-order valence-electron chi connectivity index (χ2n) is 5.76. The summed E-state index contributed by atoms with van der Waals surface area (Å²) in [5, 5.41) is 14.1. The summed E-state index contributed by atoms with van der Waals surface area (Å²) in [6.07, 6.45) is 3.05. The third-order valence-electron chi connectivity index (χ3n) is 4.52. The first-order valence-corrected chi connectivity index (χ1v) is 6.97. The number of aromatic nitrogens is 2. The van der Waals surface area contributed by atoms with Gasteiger partial charge in [-0.25, -0.2) is 0 Å². The van der Waals surface area contributed by atoms with E-state index in [-0.39, 0.29) is 12.2 Å². The molecule has 2 bridgehead atoms. The lowest BCUT2D eigenvalue weighted by molar-refractivity contribution is -0.152. The lowest BCUT2D eigenvalue weighted by atomic mass is 9.71. The number of carboxylic acid groups (broad SMARTS) is 1. The molecule has 2 saturated heterocycles. The zero-order valence-electron chi connectivity index (χ0n) is 11.4. The lowest BCUT2D eigenvalue weighted by Gasteiger charge is -2.30. The lowest BCUT2D eigenvalue weighted by Crippen LogP contribution is -2.42. The summed E-state index contributed by atoms with van der Waals surface area (Å²) in [5.74, 6) is -0.721. The number of fused-ring (bicyclic) bond motifs is 2. The number of rotatable bonds is 4. The van der Waals surface area contributed by atoms with Crippen LogP contribution in [0, 0.1) is 12.3 Å². The quantitative estimate of drug-likeness (QED) is 0.900. The molecule has 0 saturated carbocycles. The van der Waals surface area contributed by atoms with Gasteiger partial charge in [-0.1, -0.05) is 0 Å². The number of aryl methyl sites for hydroxylation is 2. The van der Waals surface area contributed by atoms with Gasteiger partial charge >= 0.3 is 5.97 Å². The molecular weight excluding hydrogens is 244 g/mol. The molecule has 1 aromatic heterocycles. The van der Waals surface area contributed by atoms with Crippen LogP contribution in [0.2, 0.25) is 0 Å². The van der Waals surface area contributed by atoms with Gasteiger partial charge in [0.2, 0.25) is 0 Å². The Kier molecular flexibility index (Phi) is 2.89. The minimum atomic E-state index is -0.748. The first kappa shape index (κ1) is 12.7. The molecule has 1 N–H and O–H groups in total. The fourth-order valence-corrected chi connectivity index (χ4v) is 3.63. The maximum absolute atomic E-state index is 11.8. The highest BCUT2D eigenvalue weighted by Crippen LogP contribution is 2.49. The van der Waals surface area contributed by atoms with Gasteiger partial charge in [0.1, 0.15) is 5.41 Å². The minimum absolute atomic E-state index is 0.129. The van der Waals surface area contributed by atoms with Crippen molar-refractivity contribution in [1.29, 1.82) is 0 Å². The Morgan fingerprint density at radius 1 is 1.63 bits per heavy atom. The summed E-state index contributed by atoms with van der Waals surface area (Å²) in [6, 6.07) is 2.00. The molecule has 5 nitrogen and oxygen atoms in total. The molecule has 104 valence electrons. The van der Waals surface area contributed by atoms with Gasteiger partial charge in [-0.2, -0.15) is 5.10 Å². The Balaban J connectivity index is 1.92. The molecule has 19 heavy (non-hydrogen) atoms. The molecule has 3 atom stereocenters. The third kappa shape index (κ3) is 1.87. The van der Waals surface area contributed by atoms with Crippen molar-refractivity contribution in [3.8, 4) is 0 Å². The van der Waals surface area contributed by atoms with E-state index in [1.807, 2.05) is 24.6 Å². The van der Waals surface area contributed by atoms with Crippen LogP contribution >= 0.6 is 0 Å². The van der Waals surface area contributed by atoms with Crippen LogP contribution in [-0.4, -0.2) is 33.1 Å². The van der Waals surface area contributed by atoms with Crippen LogP contribution in [0.1, 0.15) is 37.6 Å². The second kappa shape index (κ2) is 4.34. The molecule has 2 aliphatic heterocycles. The van der Waals surface area contributed by atoms with E-state index in [1.54, 1.807) is 0 Å². The van der Waals surface area contributed by atoms with Gasteiger partial charge in [0.05, 0.1) is 17.9 Å². The molecule has 0 aliphatic carbocycles. The number of carbonyl (C=O) groups is 1. The van der Waals surface area contributed by atoms with E-state index in [2.05, 4.69) is 5.10 Å². The monoisotopic (exact) mass is 264 g/mol. The molecule has 2 aliphatic rings. The molecule has 1 aromatic rings. The van der Waals surface area contributed by atoms with Gasteiger partial charge in [0.15, 0.2) is 0 Å². The predicted molar refractivity (Wildman–Crippen MR) is 68.9 cm³/mol. The molecule has 0 spiro atoms. The summed E-state index contributed by atoms with van der Waals surface area (Å²) in [7, 11) is 0. The fraction of sp³-hybridized carbons (Fsp3) is 0.714. The van der Waals surface area contributed by atoms with Crippen molar-refractivity contribution in [2.75, 3.05) is 0 Å². The van der Waals surface area contributed by atoms with Crippen molar-refractivity contribution in [3.05, 3.63) is 17.5 Å². The number of ether oxygens (including phenoxy) is 1. The van der Waals surface area contributed by atoms with Gasteiger partial charge < -0.3 is 9.84 Å². The summed E-state index contributed by atoms with van der Waals surface area (Å²) in [5.41, 5.74) is 1.21. The zero-order valence-corrected chi connectivity index (χ0v) is 11.4. The van der Waals surface area contributed by atoms with E-state index in [1.165, 1.54) is 0 Å². The normalized spacial score (nSPS) is 32.9. The summed E-state index contributed by atoms with van der Waals surface area (Å²) in [4.78, 5) is 11.8. The molecule has 2 fully saturated rings. The second-order valence-corrected chi connectivity index (χ2v) is 5.76. The van der Waals surface area contributed by atoms with Crippen LogP contribution in [0.4, 0.5) is 0 Å². The van der Waals surface area contributed by atoms with E-state index in [9.17, 15) is 9.90 Å². The average Bonchev–Trinajstić information content (AvgIpc) is 3.03. The Labute approximate surface area is 112 Å². The van der Waals surface area contributed by atoms with Crippen LogP contribution in [-0.2, 0) is 22.5 Å². The molecule has 3 rings (SSSR count). The van der Waals surface area contributed by atoms with Crippen LogP contribution in [0.3, 0.4) is 0 Å². The fourth-order valence-electron chi connectivity index (χ4n) is 3.63. The average molecular weight is 264 g/mol. The number of carboxylic acids is 1. The first-order chi connectivity index (χ1) is 9.05. The largest absolute Gasteiger partial charge is 0.481 e. The van der Waals surface area contributed by atoms with Gasteiger partial charge in [-0.15, -0.1) is 0 Å². The molecular formula is C14H20N2O3. The zero-order chi connectivity index (χ0) is 13.6. The Hall–Kier alpha value is -1.36. The van der Waals surface area contributed by atoms with Crippen molar-refractivity contribution in [2.24, 2.45) is 5.41 Å². The van der Waals surface area contributed by atoms with Gasteiger partial charge in [-0.05, 0) is 39.2 Å². The highest BCUT2D eigenvalue weighted by atomic mass is 16.5. The van der Waals surface area contributed by atoms with Crippen LogP contribution in [0.15, 0.2) is 6.07 Å². The van der Waals surface area contributed by atoms with E-state index < -0.39 is 11.4 Å². The molecule has 3 heterocycles. The van der Waals surface area contributed by atoms with Gasteiger partial charge in [0, 0.05) is 18.7 Å². The van der Waals surface area contributed by atoms with Crippen molar-refractivity contribution >= 4 is 5.97 Å². The highest BCUT2D eigenvalue weighted by molar-refractivity contribution is 5.76. The van der Waals surface area contributed by atoms with Gasteiger partial charge in [-0.3, -0.25) is 9.48 Å². The Morgan fingerprint density at radius 3 is 2.95 bits per heavy atom. The smallest absolute Gasteiger partial charge is 0.312 e. The van der Waals surface area contributed by atoms with Crippen molar-refractivity contribution < 1.29 is 14.6 Å². The van der Waals surface area contributed by atoms with Crippen LogP contribution < -0.4 is 0 Å². The van der Waals surface area contributed by atoms with Crippen LogP contribution in [0.25, 0.3) is 0 Å². The maximum atomic E-state index is 11.8. The number of aliphatic carboxylic acids is 1. The van der Waals surface area contributed by atoms with Crippen LogP contribution in [0.5, 0.6) is 0 Å². The first-order valence-electron chi connectivity index (χ1n) is 6.97. The number of hydrogen-bond donors (Lipinski definition) is 1. The summed E-state index contributed by atoms with van der Waals surface area (Å²) in [6.45, 7) is 4.74. The summed E-state index contributed by atoms with van der Waals surface area (Å²) >= 11 is 0. The minimum Gasteiger partial charge on any atom is -0.481 e. The van der Waals surface area contributed by atoms with Gasteiger partial charge in [0.25, 0.3) is 0 Å². The third-order valence-corrected chi connectivity index (χ3v) is 4.52.